The minimum Gasteiger partial charge on any atom is -0.465 e. The Morgan fingerprint density at radius 2 is 1.54 bits per heavy atom. The van der Waals surface area contributed by atoms with Gasteiger partial charge in [0.1, 0.15) is 12.1 Å². The summed E-state index contributed by atoms with van der Waals surface area (Å²) in [6.07, 6.45) is 10.3. The summed E-state index contributed by atoms with van der Waals surface area (Å²) in [5.41, 5.74) is 7.81. The van der Waals surface area contributed by atoms with Gasteiger partial charge in [-0.3, -0.25) is 9.59 Å². The van der Waals surface area contributed by atoms with Crippen molar-refractivity contribution in [2.24, 2.45) is 5.73 Å². The first-order valence-electron chi connectivity index (χ1n) is 13.4. The molecule has 4 N–H and O–H groups in total. The van der Waals surface area contributed by atoms with Crippen LogP contribution in [0, 0.1) is 0 Å². The minimum atomic E-state index is -0.875. The number of rotatable bonds is 18. The fourth-order valence-corrected chi connectivity index (χ4v) is 4.00. The number of amides is 1. The van der Waals surface area contributed by atoms with Crippen molar-refractivity contribution in [2.45, 2.75) is 96.6 Å². The maximum Gasteiger partial charge on any atom is 0.328 e. The number of carbonyl (C=O) groups excluding carboxylic acids is 3. The van der Waals surface area contributed by atoms with E-state index in [1.54, 1.807) is 0 Å². The van der Waals surface area contributed by atoms with Crippen LogP contribution in [0.25, 0.3) is 10.9 Å². The number of aromatic nitrogens is 1. The number of unbranched alkanes of at least 4 members (excludes halogenated alkanes) is 6. The summed E-state index contributed by atoms with van der Waals surface area (Å²) in [4.78, 5) is 40.8. The monoisotopic (exact) mass is 537 g/mol. The maximum absolute atomic E-state index is 12.9. The number of esters is 2. The zero-order chi connectivity index (χ0) is 26.2. The molecule has 0 saturated heterocycles. The molecule has 2 aromatic rings. The lowest BCUT2D eigenvalue weighted by Crippen LogP contribution is -2.44. The van der Waals surface area contributed by atoms with Crippen molar-refractivity contribution < 1.29 is 23.9 Å². The van der Waals surface area contributed by atoms with E-state index in [2.05, 4.69) is 24.1 Å². The van der Waals surface area contributed by atoms with E-state index in [9.17, 15) is 14.4 Å². The van der Waals surface area contributed by atoms with Crippen LogP contribution in [-0.2, 0) is 30.3 Å². The van der Waals surface area contributed by atoms with Gasteiger partial charge < -0.3 is 25.5 Å². The Labute approximate surface area is 226 Å². The van der Waals surface area contributed by atoms with E-state index in [4.69, 9.17) is 15.2 Å². The first-order valence-corrected chi connectivity index (χ1v) is 13.4. The van der Waals surface area contributed by atoms with E-state index >= 15 is 0 Å². The van der Waals surface area contributed by atoms with E-state index < -0.39 is 24.0 Å². The van der Waals surface area contributed by atoms with Crippen molar-refractivity contribution in [1.82, 2.24) is 10.3 Å². The number of hydrogen-bond donors (Lipinski definition) is 3. The van der Waals surface area contributed by atoms with Crippen LogP contribution in [0.3, 0.4) is 0 Å². The third-order valence-corrected chi connectivity index (χ3v) is 6.19. The van der Waals surface area contributed by atoms with E-state index in [-0.39, 0.29) is 31.2 Å². The second-order valence-electron chi connectivity index (χ2n) is 9.29. The average molecular weight is 538 g/mol. The number of carbonyl (C=O) groups is 3. The Morgan fingerprint density at radius 1 is 0.919 bits per heavy atom. The van der Waals surface area contributed by atoms with Crippen LogP contribution in [0.15, 0.2) is 30.5 Å². The molecule has 1 heterocycles. The lowest BCUT2D eigenvalue weighted by atomic mass is 10.0. The van der Waals surface area contributed by atoms with Gasteiger partial charge in [-0.15, -0.1) is 12.4 Å². The van der Waals surface area contributed by atoms with Gasteiger partial charge in [0.05, 0.1) is 13.2 Å². The highest BCUT2D eigenvalue weighted by atomic mass is 35.5. The summed E-state index contributed by atoms with van der Waals surface area (Å²) in [5, 5.41) is 3.79. The fourth-order valence-electron chi connectivity index (χ4n) is 4.00. The molecule has 1 aromatic heterocycles. The van der Waals surface area contributed by atoms with Crippen molar-refractivity contribution in [3.05, 3.63) is 36.0 Å². The van der Waals surface area contributed by atoms with E-state index in [1.807, 2.05) is 30.5 Å². The zero-order valence-corrected chi connectivity index (χ0v) is 23.1. The molecule has 0 radical (unpaired) electrons. The van der Waals surface area contributed by atoms with Crippen LogP contribution in [-0.4, -0.2) is 48.1 Å². The standard InChI is InChI=1S/C28H43N3O5.ClH/c1-3-5-7-11-17-35-27(33)23(29)15-16-26(32)31-25(28(34)36-18-12-8-6-4-2)19-21-20-30-24-14-10-9-13-22(21)24;/h9-10,13-14,20,23,25,30H,3-8,11-12,15-19,29H2,1-2H3,(H,31,32);1H/t23-,25-;/m0./s1. The third-order valence-electron chi connectivity index (χ3n) is 6.19. The number of nitrogens with two attached hydrogens (primary N) is 1. The topological polar surface area (TPSA) is 124 Å². The van der Waals surface area contributed by atoms with E-state index in [1.165, 1.54) is 0 Å². The molecule has 0 spiro atoms. The number of hydrogen-bond acceptors (Lipinski definition) is 6. The summed E-state index contributed by atoms with van der Waals surface area (Å²) in [7, 11) is 0. The smallest absolute Gasteiger partial charge is 0.328 e. The predicted octanol–water partition coefficient (Wildman–Crippen LogP) is 4.97. The van der Waals surface area contributed by atoms with Crippen molar-refractivity contribution in [1.29, 1.82) is 0 Å². The Kier molecular flexibility index (Phi) is 16.3. The number of benzene rings is 1. The number of para-hydroxylation sites is 1. The second-order valence-corrected chi connectivity index (χ2v) is 9.29. The van der Waals surface area contributed by atoms with Crippen LogP contribution >= 0.6 is 12.4 Å². The Bertz CT molecular complexity index is 949. The van der Waals surface area contributed by atoms with Gasteiger partial charge in [-0.2, -0.15) is 0 Å². The Balaban J connectivity index is 0.00000684. The van der Waals surface area contributed by atoms with Crippen LogP contribution < -0.4 is 11.1 Å². The van der Waals surface area contributed by atoms with Crippen LogP contribution in [0.2, 0.25) is 0 Å². The number of nitrogens with one attached hydrogen (secondary N) is 2. The van der Waals surface area contributed by atoms with Gasteiger partial charge in [0.15, 0.2) is 0 Å². The average Bonchev–Trinajstić information content (AvgIpc) is 3.29. The zero-order valence-electron chi connectivity index (χ0n) is 22.3. The van der Waals surface area contributed by atoms with E-state index in [0.717, 1.165) is 67.8 Å². The maximum atomic E-state index is 12.9. The molecule has 0 bridgehead atoms. The molecule has 37 heavy (non-hydrogen) atoms. The second kappa shape index (κ2) is 18.6. The first kappa shape index (κ1) is 32.4. The molecule has 0 aliphatic heterocycles. The summed E-state index contributed by atoms with van der Waals surface area (Å²) in [5.74, 6) is -1.31. The SMILES string of the molecule is CCCCCCOC(=O)[C@H](Cc1c[nH]c2ccccc12)NC(=O)CC[C@H](N)C(=O)OCCCCCC.Cl. The Hall–Kier alpha value is -2.58. The van der Waals surface area contributed by atoms with Crippen LogP contribution in [0.5, 0.6) is 0 Å². The fraction of sp³-hybridized carbons (Fsp3) is 0.607. The molecule has 0 saturated carbocycles. The Morgan fingerprint density at radius 3 is 2.19 bits per heavy atom. The van der Waals surface area contributed by atoms with Gasteiger partial charge in [-0.05, 0) is 30.9 Å². The largest absolute Gasteiger partial charge is 0.465 e. The van der Waals surface area contributed by atoms with Gasteiger partial charge in [-0.25, -0.2) is 4.79 Å². The number of fused-ring (bicyclic) bond motifs is 1. The molecule has 8 nitrogen and oxygen atoms in total. The predicted molar refractivity (Wildman–Crippen MR) is 149 cm³/mol. The molecule has 208 valence electrons. The molecule has 2 rings (SSSR count). The highest BCUT2D eigenvalue weighted by Gasteiger charge is 2.25. The molecule has 9 heteroatoms. The summed E-state index contributed by atoms with van der Waals surface area (Å²) >= 11 is 0. The lowest BCUT2D eigenvalue weighted by Gasteiger charge is -2.18. The first-order chi connectivity index (χ1) is 17.5. The van der Waals surface area contributed by atoms with Gasteiger partial charge >= 0.3 is 11.9 Å². The van der Waals surface area contributed by atoms with Crippen molar-refractivity contribution >= 4 is 41.2 Å². The molecule has 1 aromatic carbocycles. The summed E-state index contributed by atoms with van der Waals surface area (Å²) < 4.78 is 10.7. The molecule has 0 aliphatic carbocycles. The summed E-state index contributed by atoms with van der Waals surface area (Å²) in [6.45, 7) is 4.91. The highest BCUT2D eigenvalue weighted by Crippen LogP contribution is 2.19. The molecular weight excluding hydrogens is 494 g/mol. The molecule has 0 fully saturated rings. The lowest BCUT2D eigenvalue weighted by molar-refractivity contribution is -0.148. The third kappa shape index (κ3) is 12.0. The number of aromatic amines is 1. The number of H-pyrrole nitrogens is 1. The van der Waals surface area contributed by atoms with Crippen molar-refractivity contribution in [2.75, 3.05) is 13.2 Å². The number of halogens is 1. The molecule has 0 unspecified atom stereocenters. The quantitative estimate of drug-likeness (QED) is 0.182. The minimum absolute atomic E-state index is 0. The molecular formula is C28H44ClN3O5. The molecule has 0 aliphatic rings. The van der Waals surface area contributed by atoms with E-state index in [0.29, 0.717) is 19.6 Å². The number of ether oxygens (including phenoxy) is 2. The van der Waals surface area contributed by atoms with Crippen LogP contribution in [0.4, 0.5) is 0 Å². The van der Waals surface area contributed by atoms with Crippen molar-refractivity contribution in [3.8, 4) is 0 Å². The summed E-state index contributed by atoms with van der Waals surface area (Å²) in [6, 6.07) is 6.10. The highest BCUT2D eigenvalue weighted by molar-refractivity contribution is 5.87. The van der Waals surface area contributed by atoms with Gasteiger partial charge in [-0.1, -0.05) is 70.6 Å². The molecule has 2 atom stereocenters. The van der Waals surface area contributed by atoms with Gasteiger partial charge in [0.2, 0.25) is 5.91 Å². The van der Waals surface area contributed by atoms with Crippen LogP contribution in [0.1, 0.15) is 83.6 Å². The molecule has 1 amide bonds. The normalized spacial score (nSPS) is 12.4. The van der Waals surface area contributed by atoms with Gasteiger partial charge in [0, 0.05) is 29.9 Å². The van der Waals surface area contributed by atoms with Crippen molar-refractivity contribution in [3.63, 3.8) is 0 Å². The van der Waals surface area contributed by atoms with Gasteiger partial charge in [0.25, 0.3) is 0 Å².